The molecule has 5 heteroatoms. The summed E-state index contributed by atoms with van der Waals surface area (Å²) in [6.45, 7) is 1.62. The van der Waals surface area contributed by atoms with E-state index in [1.165, 1.54) is 0 Å². The van der Waals surface area contributed by atoms with Crippen LogP contribution in [-0.4, -0.2) is 19.1 Å². The van der Waals surface area contributed by atoms with E-state index in [1.54, 1.807) is 0 Å². The second-order valence-electron chi connectivity index (χ2n) is 3.31. The van der Waals surface area contributed by atoms with Crippen molar-refractivity contribution < 1.29 is 22.9 Å². The summed E-state index contributed by atoms with van der Waals surface area (Å²) in [5, 5.41) is 5.54. The maximum absolute atomic E-state index is 11.3. The summed E-state index contributed by atoms with van der Waals surface area (Å²) < 4.78 is 0. The fourth-order valence-electron chi connectivity index (χ4n) is 1.20. The number of hydrogen-bond donors (Lipinski definition) is 3. The zero-order chi connectivity index (χ0) is 10.9. The zero-order valence-electron chi connectivity index (χ0n) is 9.21. The molecule has 1 aromatic carbocycles. The normalized spacial score (nSPS) is 9.06. The molecule has 90 valence electrons. The first-order valence-corrected chi connectivity index (χ1v) is 5.22. The maximum atomic E-state index is 11.3. The van der Waals surface area contributed by atoms with Gasteiger partial charge in [-0.2, -0.15) is 0 Å². The lowest BCUT2D eigenvalue weighted by molar-refractivity contribution is -0.368. The molecule has 2 amide bonds. The summed E-state index contributed by atoms with van der Waals surface area (Å²) >= 11 is 0. The van der Waals surface area contributed by atoms with Crippen molar-refractivity contribution in [3.63, 3.8) is 0 Å². The third kappa shape index (κ3) is 6.27. The molecule has 16 heavy (non-hydrogen) atoms. The number of nitrogens with one attached hydrogen (secondary N) is 2. The van der Waals surface area contributed by atoms with Crippen molar-refractivity contribution >= 4 is 11.7 Å². The van der Waals surface area contributed by atoms with E-state index in [0.717, 1.165) is 25.1 Å². The van der Waals surface area contributed by atoms with Gasteiger partial charge < -0.3 is 28.8 Å². The number of halogens is 1. The summed E-state index contributed by atoms with van der Waals surface area (Å²) in [5.74, 6) is 0. The fraction of sp³-hybridized carbons (Fsp3) is 0.364. The minimum absolute atomic E-state index is 0. The van der Waals surface area contributed by atoms with Gasteiger partial charge in [0.2, 0.25) is 0 Å². The Balaban J connectivity index is 0.00000225. The SMILES string of the molecule is [Cl-].[NH3+]CCCCNC(=O)Nc1ccccc1. The number of amides is 2. The molecule has 0 atom stereocenters. The number of benzene rings is 1. The van der Waals surface area contributed by atoms with Gasteiger partial charge in [-0.25, -0.2) is 4.79 Å². The molecule has 0 saturated carbocycles. The van der Waals surface area contributed by atoms with Crippen LogP contribution in [0.1, 0.15) is 12.8 Å². The van der Waals surface area contributed by atoms with Gasteiger partial charge in [-0.1, -0.05) is 18.2 Å². The van der Waals surface area contributed by atoms with E-state index in [0.29, 0.717) is 6.54 Å². The van der Waals surface area contributed by atoms with Crippen LogP contribution in [0.2, 0.25) is 0 Å². The molecule has 0 unspecified atom stereocenters. The van der Waals surface area contributed by atoms with E-state index in [4.69, 9.17) is 0 Å². The quantitative estimate of drug-likeness (QED) is 0.507. The highest BCUT2D eigenvalue weighted by Gasteiger charge is 1.99. The zero-order valence-corrected chi connectivity index (χ0v) is 9.96. The molecular weight excluding hydrogens is 226 g/mol. The summed E-state index contributed by atoms with van der Waals surface area (Å²) in [6.07, 6.45) is 2.03. The number of rotatable bonds is 5. The van der Waals surface area contributed by atoms with Crippen molar-refractivity contribution in [2.75, 3.05) is 18.4 Å². The third-order valence-electron chi connectivity index (χ3n) is 1.99. The lowest BCUT2D eigenvalue weighted by atomic mass is 10.3. The second-order valence-corrected chi connectivity index (χ2v) is 3.31. The standard InChI is InChI=1S/C11H17N3O.ClH/c12-8-4-5-9-13-11(15)14-10-6-2-1-3-7-10;/h1-3,6-7H,4-5,8-9,12H2,(H2,13,14,15);1H. The van der Waals surface area contributed by atoms with Crippen molar-refractivity contribution in [3.8, 4) is 0 Å². The van der Waals surface area contributed by atoms with Gasteiger partial charge in [-0.05, 0) is 25.0 Å². The fourth-order valence-corrected chi connectivity index (χ4v) is 1.20. The van der Waals surface area contributed by atoms with Crippen LogP contribution >= 0.6 is 0 Å². The molecule has 0 saturated heterocycles. The van der Waals surface area contributed by atoms with Gasteiger partial charge in [0, 0.05) is 12.2 Å². The Bertz CT molecular complexity index is 293. The van der Waals surface area contributed by atoms with Gasteiger partial charge in [0.15, 0.2) is 0 Å². The molecule has 0 aliphatic rings. The average molecular weight is 244 g/mol. The van der Waals surface area contributed by atoms with Gasteiger partial charge in [-0.15, -0.1) is 0 Å². The average Bonchev–Trinajstić information content (AvgIpc) is 2.26. The molecule has 5 N–H and O–H groups in total. The van der Waals surface area contributed by atoms with Crippen molar-refractivity contribution in [2.45, 2.75) is 12.8 Å². The predicted octanol–water partition coefficient (Wildman–Crippen LogP) is -2.17. The summed E-state index contributed by atoms with van der Waals surface area (Å²) in [7, 11) is 0. The van der Waals surface area contributed by atoms with Crippen molar-refractivity contribution in [1.29, 1.82) is 0 Å². The monoisotopic (exact) mass is 243 g/mol. The van der Waals surface area contributed by atoms with Gasteiger partial charge in [0.25, 0.3) is 0 Å². The highest BCUT2D eigenvalue weighted by Crippen LogP contribution is 2.03. The van der Waals surface area contributed by atoms with Crippen LogP contribution in [0.25, 0.3) is 0 Å². The van der Waals surface area contributed by atoms with E-state index in [2.05, 4.69) is 16.4 Å². The van der Waals surface area contributed by atoms with E-state index in [9.17, 15) is 4.79 Å². The Hall–Kier alpha value is -1.26. The molecule has 0 bridgehead atoms. The van der Waals surface area contributed by atoms with Gasteiger partial charge in [0.05, 0.1) is 6.54 Å². The number of anilines is 1. The number of para-hydroxylation sites is 1. The minimum Gasteiger partial charge on any atom is -1.00 e. The van der Waals surface area contributed by atoms with Crippen LogP contribution in [0.15, 0.2) is 30.3 Å². The predicted molar refractivity (Wildman–Crippen MR) is 60.5 cm³/mol. The first-order valence-electron chi connectivity index (χ1n) is 5.22. The Morgan fingerprint density at radius 2 is 1.88 bits per heavy atom. The highest BCUT2D eigenvalue weighted by atomic mass is 35.5. The number of carbonyl (C=O) groups is 1. The van der Waals surface area contributed by atoms with Crippen LogP contribution in [0, 0.1) is 0 Å². The molecule has 0 aliphatic carbocycles. The summed E-state index contributed by atoms with van der Waals surface area (Å²) in [5.41, 5.74) is 4.55. The van der Waals surface area contributed by atoms with Crippen LogP contribution in [0.4, 0.5) is 10.5 Å². The topological polar surface area (TPSA) is 68.8 Å². The molecular formula is C11H18ClN3O. The number of hydrogen-bond acceptors (Lipinski definition) is 1. The molecule has 4 nitrogen and oxygen atoms in total. The molecule has 1 aromatic rings. The van der Waals surface area contributed by atoms with Crippen LogP contribution in [0.5, 0.6) is 0 Å². The smallest absolute Gasteiger partial charge is 0.319 e. The Morgan fingerprint density at radius 1 is 1.19 bits per heavy atom. The second kappa shape index (κ2) is 9.00. The van der Waals surface area contributed by atoms with Crippen LogP contribution in [-0.2, 0) is 0 Å². The highest BCUT2D eigenvalue weighted by molar-refractivity contribution is 5.89. The first kappa shape index (κ1) is 14.7. The first-order chi connectivity index (χ1) is 7.33. The van der Waals surface area contributed by atoms with Crippen LogP contribution < -0.4 is 28.8 Å². The minimum atomic E-state index is -0.148. The number of urea groups is 1. The van der Waals surface area contributed by atoms with E-state index < -0.39 is 0 Å². The molecule has 0 aliphatic heterocycles. The van der Waals surface area contributed by atoms with E-state index in [1.807, 2.05) is 30.3 Å². The van der Waals surface area contributed by atoms with E-state index in [-0.39, 0.29) is 18.4 Å². The Labute approximate surface area is 102 Å². The Kier molecular flexibility index (Phi) is 8.29. The number of quaternary nitrogens is 1. The molecule has 0 radical (unpaired) electrons. The van der Waals surface area contributed by atoms with E-state index >= 15 is 0 Å². The number of carbonyl (C=O) groups excluding carboxylic acids is 1. The molecule has 0 aromatic heterocycles. The third-order valence-corrected chi connectivity index (χ3v) is 1.99. The lowest BCUT2D eigenvalue weighted by Gasteiger charge is -2.06. The largest absolute Gasteiger partial charge is 1.00 e. The number of unbranched alkanes of at least 4 members (excludes halogenated alkanes) is 1. The van der Waals surface area contributed by atoms with Gasteiger partial charge in [0.1, 0.15) is 0 Å². The van der Waals surface area contributed by atoms with Crippen molar-refractivity contribution in [1.82, 2.24) is 5.32 Å². The molecule has 1 rings (SSSR count). The van der Waals surface area contributed by atoms with Crippen molar-refractivity contribution in [3.05, 3.63) is 30.3 Å². The summed E-state index contributed by atoms with van der Waals surface area (Å²) in [4.78, 5) is 11.3. The Morgan fingerprint density at radius 3 is 2.50 bits per heavy atom. The summed E-state index contributed by atoms with van der Waals surface area (Å²) in [6, 6.07) is 9.25. The molecule has 0 spiro atoms. The van der Waals surface area contributed by atoms with Crippen molar-refractivity contribution in [2.24, 2.45) is 0 Å². The maximum Gasteiger partial charge on any atom is 0.319 e. The lowest BCUT2D eigenvalue weighted by Crippen LogP contribution is -3.00. The van der Waals surface area contributed by atoms with Gasteiger partial charge in [-0.3, -0.25) is 0 Å². The van der Waals surface area contributed by atoms with Crippen LogP contribution in [0.3, 0.4) is 0 Å². The molecule has 0 heterocycles. The van der Waals surface area contributed by atoms with Gasteiger partial charge >= 0.3 is 6.03 Å². The molecule has 0 fully saturated rings.